The van der Waals surface area contributed by atoms with Crippen LogP contribution in [0.5, 0.6) is 5.75 Å². The molecule has 0 bridgehead atoms. The second-order valence-electron chi connectivity index (χ2n) is 15.3. The number of rotatable bonds is 4. The van der Waals surface area contributed by atoms with Gasteiger partial charge in [-0.15, -0.1) is 0 Å². The Hall–Kier alpha value is -5.28. The van der Waals surface area contributed by atoms with Crippen LogP contribution in [-0.2, 0) is 6.42 Å². The second-order valence-corrected chi connectivity index (χ2v) is 15.3. The van der Waals surface area contributed by atoms with Crippen LogP contribution in [0.4, 0.5) is 11.4 Å². The fraction of sp³-hybridized carbons (Fsp3) is 0.250. The van der Waals surface area contributed by atoms with Crippen molar-refractivity contribution >= 4 is 39.5 Å². The van der Waals surface area contributed by atoms with Gasteiger partial charge in [0.1, 0.15) is 11.9 Å². The smallest absolute Gasteiger partial charge is 0.128 e. The SMILES string of the molecule is C1=CC2Oc3ccc(N4c5ccccc5C5C=C(c6ccc7c(c6)c6c(n7-c7cccc(C8=CCCCC8)c7)C=CCC6)CCC54)cc3C2C=C1. The van der Waals surface area contributed by atoms with E-state index in [1.807, 2.05) is 0 Å². The van der Waals surface area contributed by atoms with Crippen LogP contribution >= 0.6 is 0 Å². The Morgan fingerprint density at radius 1 is 0.686 bits per heavy atom. The average molecular weight is 663 g/mol. The number of hydrogen-bond acceptors (Lipinski definition) is 2. The average Bonchev–Trinajstić information content (AvgIpc) is 3.85. The lowest BCUT2D eigenvalue weighted by Crippen LogP contribution is -2.31. The fourth-order valence-corrected chi connectivity index (χ4v) is 10.1. The standard InChI is InChI=1S/C48H42N2O/c1-2-11-31(12-3-1)32-13-10-14-35(27-32)49-43-18-7-4-15-37(43)40-28-33(21-24-45(40)49)34-22-25-46-41(29-34)38-16-5-8-19-44(38)50(46)36-23-26-48-42(30-36)39-17-6-9-20-47(39)51-48/h5-11,13-14,16-21,23-24,26-30,39,41,46-47H,1-4,12,15,22,25H2. The van der Waals surface area contributed by atoms with Crippen molar-refractivity contribution in [2.75, 3.05) is 4.90 Å². The van der Waals surface area contributed by atoms with E-state index in [-0.39, 0.29) is 6.10 Å². The molecule has 5 aromatic rings. The number of fused-ring (bicyclic) bond motifs is 9. The predicted molar refractivity (Wildman–Crippen MR) is 211 cm³/mol. The first-order valence-electron chi connectivity index (χ1n) is 19.2. The van der Waals surface area contributed by atoms with Gasteiger partial charge in [-0.25, -0.2) is 0 Å². The molecule has 1 aromatic heterocycles. The highest BCUT2D eigenvalue weighted by molar-refractivity contribution is 5.93. The molecule has 51 heavy (non-hydrogen) atoms. The van der Waals surface area contributed by atoms with Crippen LogP contribution in [0, 0.1) is 0 Å². The van der Waals surface area contributed by atoms with Crippen molar-refractivity contribution in [2.45, 2.75) is 75.3 Å². The zero-order valence-corrected chi connectivity index (χ0v) is 29.0. The summed E-state index contributed by atoms with van der Waals surface area (Å²) in [4.78, 5) is 2.63. The Balaban J connectivity index is 0.968. The van der Waals surface area contributed by atoms with E-state index in [1.54, 1.807) is 0 Å². The summed E-state index contributed by atoms with van der Waals surface area (Å²) in [6, 6.07) is 33.0. The van der Waals surface area contributed by atoms with Crippen LogP contribution < -0.4 is 9.64 Å². The summed E-state index contributed by atoms with van der Waals surface area (Å²) in [7, 11) is 0. The monoisotopic (exact) mass is 662 g/mol. The van der Waals surface area contributed by atoms with Gasteiger partial charge in [-0.1, -0.05) is 72.9 Å². The van der Waals surface area contributed by atoms with Gasteiger partial charge in [-0.2, -0.15) is 0 Å². The molecular formula is C48H42N2O. The summed E-state index contributed by atoms with van der Waals surface area (Å²) in [5.41, 5.74) is 16.6. The van der Waals surface area contributed by atoms with E-state index in [0.717, 1.165) is 31.4 Å². The number of para-hydroxylation sites is 1. The molecule has 250 valence electrons. The molecule has 0 N–H and O–H groups in total. The first kappa shape index (κ1) is 29.5. The number of aryl methyl sites for hydroxylation is 1. The van der Waals surface area contributed by atoms with Gasteiger partial charge >= 0.3 is 0 Å². The molecule has 0 radical (unpaired) electrons. The molecule has 3 nitrogen and oxygen atoms in total. The van der Waals surface area contributed by atoms with E-state index in [0.29, 0.717) is 17.9 Å². The molecule has 0 saturated heterocycles. The molecule has 0 fully saturated rings. The second kappa shape index (κ2) is 11.6. The van der Waals surface area contributed by atoms with Crippen molar-refractivity contribution in [1.29, 1.82) is 0 Å². The fourth-order valence-electron chi connectivity index (χ4n) is 10.1. The predicted octanol–water partition coefficient (Wildman–Crippen LogP) is 12.0. The van der Waals surface area contributed by atoms with Gasteiger partial charge < -0.3 is 14.2 Å². The summed E-state index contributed by atoms with van der Waals surface area (Å²) in [6.45, 7) is 0. The molecule has 3 heteroatoms. The van der Waals surface area contributed by atoms with Crippen molar-refractivity contribution in [3.05, 3.63) is 161 Å². The first-order chi connectivity index (χ1) is 25.3. The maximum absolute atomic E-state index is 6.32. The molecule has 4 aromatic carbocycles. The van der Waals surface area contributed by atoms with Crippen molar-refractivity contribution in [3.8, 4) is 11.4 Å². The van der Waals surface area contributed by atoms with Crippen LogP contribution in [0.3, 0.4) is 0 Å². The molecule has 11 rings (SSSR count). The van der Waals surface area contributed by atoms with Crippen LogP contribution in [0.25, 0.3) is 33.8 Å². The lowest BCUT2D eigenvalue weighted by atomic mass is 9.81. The lowest BCUT2D eigenvalue weighted by Gasteiger charge is -2.33. The summed E-state index contributed by atoms with van der Waals surface area (Å²) < 4.78 is 8.84. The number of allylic oxidation sites excluding steroid dienone is 6. The number of ether oxygens (including phenoxy) is 1. The van der Waals surface area contributed by atoms with Crippen LogP contribution in [-0.4, -0.2) is 16.7 Å². The van der Waals surface area contributed by atoms with Crippen molar-refractivity contribution in [1.82, 2.24) is 4.57 Å². The Kier molecular flexibility index (Phi) is 6.72. The number of anilines is 2. The van der Waals surface area contributed by atoms with Crippen LogP contribution in [0.2, 0.25) is 0 Å². The number of benzene rings is 4. The topological polar surface area (TPSA) is 17.4 Å². The van der Waals surface area contributed by atoms with E-state index in [1.165, 1.54) is 98.3 Å². The molecule has 0 spiro atoms. The summed E-state index contributed by atoms with van der Waals surface area (Å²) in [5, 5.41) is 1.41. The minimum absolute atomic E-state index is 0.110. The highest BCUT2D eigenvalue weighted by Crippen LogP contribution is 2.53. The van der Waals surface area contributed by atoms with E-state index in [2.05, 4.69) is 143 Å². The van der Waals surface area contributed by atoms with E-state index in [4.69, 9.17) is 4.74 Å². The van der Waals surface area contributed by atoms with Crippen molar-refractivity contribution in [3.63, 3.8) is 0 Å². The van der Waals surface area contributed by atoms with Crippen LogP contribution in [0.1, 0.15) is 90.3 Å². The van der Waals surface area contributed by atoms with Gasteiger partial charge in [-0.3, -0.25) is 0 Å². The molecule has 0 amide bonds. The Morgan fingerprint density at radius 3 is 2.59 bits per heavy atom. The van der Waals surface area contributed by atoms with Gasteiger partial charge in [0.15, 0.2) is 0 Å². The molecule has 6 aliphatic rings. The van der Waals surface area contributed by atoms with Gasteiger partial charge in [0.25, 0.3) is 0 Å². The molecule has 0 saturated carbocycles. The minimum atomic E-state index is 0.110. The first-order valence-corrected chi connectivity index (χ1v) is 19.2. The summed E-state index contributed by atoms with van der Waals surface area (Å²) >= 11 is 0. The molecule has 3 heterocycles. The minimum Gasteiger partial charge on any atom is -0.485 e. The highest BCUT2D eigenvalue weighted by Gasteiger charge is 2.41. The molecular weight excluding hydrogens is 621 g/mol. The Bertz CT molecular complexity index is 2400. The number of nitrogens with zero attached hydrogens (tertiary/aromatic N) is 2. The van der Waals surface area contributed by atoms with Crippen molar-refractivity contribution < 1.29 is 4.74 Å². The maximum Gasteiger partial charge on any atom is 0.128 e. The van der Waals surface area contributed by atoms with E-state index >= 15 is 0 Å². The van der Waals surface area contributed by atoms with Gasteiger partial charge in [0.2, 0.25) is 0 Å². The number of aromatic nitrogens is 1. The third-order valence-corrected chi connectivity index (χ3v) is 12.5. The molecule has 4 unspecified atom stereocenters. The molecule has 4 atom stereocenters. The molecule has 2 aliphatic heterocycles. The third kappa shape index (κ3) is 4.63. The van der Waals surface area contributed by atoms with Crippen LogP contribution in [0.15, 0.2) is 127 Å². The summed E-state index contributed by atoms with van der Waals surface area (Å²) in [6.07, 6.45) is 28.0. The molecule has 4 aliphatic carbocycles. The van der Waals surface area contributed by atoms with Gasteiger partial charge in [0.05, 0.1) is 5.52 Å². The lowest BCUT2D eigenvalue weighted by molar-refractivity contribution is 0.269. The summed E-state index contributed by atoms with van der Waals surface area (Å²) in [5.74, 6) is 1.67. The zero-order valence-electron chi connectivity index (χ0n) is 29.0. The van der Waals surface area contributed by atoms with E-state index < -0.39 is 0 Å². The zero-order chi connectivity index (χ0) is 33.5. The van der Waals surface area contributed by atoms with Crippen molar-refractivity contribution in [2.24, 2.45) is 0 Å². The van der Waals surface area contributed by atoms with Gasteiger partial charge in [-0.05, 0) is 145 Å². The normalized spacial score (nSPS) is 24.0. The number of hydrogen-bond donors (Lipinski definition) is 0. The van der Waals surface area contributed by atoms with Gasteiger partial charge in [0, 0.05) is 51.6 Å². The highest BCUT2D eigenvalue weighted by atomic mass is 16.5. The quantitative estimate of drug-likeness (QED) is 0.191. The Morgan fingerprint density at radius 2 is 1.63 bits per heavy atom. The third-order valence-electron chi connectivity index (χ3n) is 12.5. The Labute approximate surface area is 300 Å². The largest absolute Gasteiger partial charge is 0.485 e. The van der Waals surface area contributed by atoms with E-state index in [9.17, 15) is 0 Å². The maximum atomic E-state index is 6.32.